The molecule has 0 saturated heterocycles. The molecule has 2 heteroatoms. The highest BCUT2D eigenvalue weighted by molar-refractivity contribution is 5.85. The third-order valence-electron chi connectivity index (χ3n) is 3.85. The molecule has 0 bridgehead atoms. The summed E-state index contributed by atoms with van der Waals surface area (Å²) in [5.41, 5.74) is 1.12. The van der Waals surface area contributed by atoms with Crippen molar-refractivity contribution in [1.82, 2.24) is 4.90 Å². The molecule has 0 saturated carbocycles. The number of nitrogens with zero attached hydrogens (tertiary/aromatic N) is 1. The number of benzene rings is 1. The maximum atomic E-state index is 12.3. The van der Waals surface area contributed by atoms with Crippen molar-refractivity contribution in [2.75, 3.05) is 7.05 Å². The van der Waals surface area contributed by atoms with E-state index in [0.29, 0.717) is 18.2 Å². The molecule has 0 fully saturated rings. The van der Waals surface area contributed by atoms with Gasteiger partial charge in [-0.2, -0.15) is 0 Å². The first-order valence-electron chi connectivity index (χ1n) is 7.45. The highest BCUT2D eigenvalue weighted by atomic mass is 16.1. The van der Waals surface area contributed by atoms with Gasteiger partial charge in [-0.25, -0.2) is 0 Å². The number of carbonyl (C=O) groups is 1. The van der Waals surface area contributed by atoms with Crippen LogP contribution in [0.25, 0.3) is 0 Å². The van der Waals surface area contributed by atoms with Crippen LogP contribution in [0.15, 0.2) is 30.3 Å². The van der Waals surface area contributed by atoms with E-state index in [1.54, 1.807) is 0 Å². The summed E-state index contributed by atoms with van der Waals surface area (Å²) in [6.07, 6.45) is 3.98. The molecule has 19 heavy (non-hydrogen) atoms. The van der Waals surface area contributed by atoms with Crippen LogP contribution >= 0.6 is 0 Å². The highest BCUT2D eigenvalue weighted by Gasteiger charge is 2.27. The zero-order valence-electron chi connectivity index (χ0n) is 12.7. The summed E-state index contributed by atoms with van der Waals surface area (Å²) >= 11 is 0. The average molecular weight is 261 g/mol. The van der Waals surface area contributed by atoms with Crippen molar-refractivity contribution in [3.8, 4) is 0 Å². The van der Waals surface area contributed by atoms with Crippen molar-refractivity contribution in [2.45, 2.75) is 58.5 Å². The predicted octanol–water partition coefficient (Wildman–Crippen LogP) is 4.22. The Hall–Kier alpha value is -1.15. The molecule has 0 aliphatic carbocycles. The highest BCUT2D eigenvalue weighted by Crippen LogP contribution is 2.26. The largest absolute Gasteiger partial charge is 0.298 e. The van der Waals surface area contributed by atoms with Gasteiger partial charge in [0.25, 0.3) is 0 Å². The summed E-state index contributed by atoms with van der Waals surface area (Å²) in [5, 5.41) is 0. The second-order valence-corrected chi connectivity index (χ2v) is 5.15. The lowest BCUT2D eigenvalue weighted by atomic mass is 9.96. The Balaban J connectivity index is 3.00. The quantitative estimate of drug-likeness (QED) is 0.698. The molecule has 0 amide bonds. The molecule has 1 aromatic carbocycles. The topological polar surface area (TPSA) is 20.3 Å². The Morgan fingerprint density at radius 2 is 1.79 bits per heavy atom. The van der Waals surface area contributed by atoms with Gasteiger partial charge in [0.1, 0.15) is 0 Å². The van der Waals surface area contributed by atoms with Gasteiger partial charge in [-0.15, -0.1) is 0 Å². The van der Waals surface area contributed by atoms with E-state index in [4.69, 9.17) is 0 Å². The van der Waals surface area contributed by atoms with Gasteiger partial charge >= 0.3 is 0 Å². The number of Topliss-reactive ketones (excluding diaryl/α,β-unsaturated/α-hetero) is 1. The van der Waals surface area contributed by atoms with E-state index in [1.165, 1.54) is 0 Å². The minimum atomic E-state index is -0.0947. The second-order valence-electron chi connectivity index (χ2n) is 5.15. The Morgan fingerprint density at radius 3 is 2.26 bits per heavy atom. The van der Waals surface area contributed by atoms with Crippen LogP contribution in [0.5, 0.6) is 0 Å². The summed E-state index contributed by atoms with van der Waals surface area (Å²) in [6.45, 7) is 6.36. The third-order valence-corrected chi connectivity index (χ3v) is 3.85. The maximum Gasteiger partial charge on any atom is 0.154 e. The van der Waals surface area contributed by atoms with Crippen LogP contribution in [0.2, 0.25) is 0 Å². The molecule has 1 aromatic rings. The van der Waals surface area contributed by atoms with Gasteiger partial charge in [0.05, 0.1) is 6.04 Å². The zero-order valence-corrected chi connectivity index (χ0v) is 12.7. The van der Waals surface area contributed by atoms with Gasteiger partial charge in [0.2, 0.25) is 0 Å². The molecule has 0 aliphatic rings. The molecule has 0 N–H and O–H groups in total. The SMILES string of the molecule is CCCC(CC)N(C)[C@@H](C(=O)CC)c1ccccc1. The minimum absolute atomic E-state index is 0.0947. The Labute approximate surface area is 117 Å². The van der Waals surface area contributed by atoms with Crippen molar-refractivity contribution in [1.29, 1.82) is 0 Å². The summed E-state index contributed by atoms with van der Waals surface area (Å²) in [6, 6.07) is 10.5. The minimum Gasteiger partial charge on any atom is -0.298 e. The van der Waals surface area contributed by atoms with Crippen molar-refractivity contribution in [2.24, 2.45) is 0 Å². The number of hydrogen-bond acceptors (Lipinski definition) is 2. The van der Waals surface area contributed by atoms with E-state index in [2.05, 4.69) is 37.9 Å². The van der Waals surface area contributed by atoms with E-state index in [1.807, 2.05) is 25.1 Å². The fourth-order valence-corrected chi connectivity index (χ4v) is 2.72. The van der Waals surface area contributed by atoms with E-state index < -0.39 is 0 Å². The normalized spacial score (nSPS) is 14.4. The van der Waals surface area contributed by atoms with Crippen LogP contribution in [-0.2, 0) is 4.79 Å². The summed E-state index contributed by atoms with van der Waals surface area (Å²) in [7, 11) is 2.09. The molecule has 0 spiro atoms. The van der Waals surface area contributed by atoms with E-state index in [0.717, 1.165) is 24.8 Å². The first-order valence-corrected chi connectivity index (χ1v) is 7.45. The summed E-state index contributed by atoms with van der Waals surface area (Å²) in [5.74, 6) is 0.309. The van der Waals surface area contributed by atoms with Crippen molar-refractivity contribution in [3.05, 3.63) is 35.9 Å². The molecule has 0 aliphatic heterocycles. The molecule has 0 radical (unpaired) electrons. The molecule has 0 aromatic heterocycles. The van der Waals surface area contributed by atoms with E-state index in [-0.39, 0.29) is 6.04 Å². The van der Waals surface area contributed by atoms with Crippen molar-refractivity contribution >= 4 is 5.78 Å². The van der Waals surface area contributed by atoms with Crippen LogP contribution < -0.4 is 0 Å². The molecule has 0 heterocycles. The van der Waals surface area contributed by atoms with Gasteiger partial charge < -0.3 is 0 Å². The van der Waals surface area contributed by atoms with Gasteiger partial charge in [-0.1, -0.05) is 57.5 Å². The van der Waals surface area contributed by atoms with Gasteiger partial charge in [0.15, 0.2) is 5.78 Å². The lowest BCUT2D eigenvalue weighted by Gasteiger charge is -2.34. The van der Waals surface area contributed by atoms with E-state index in [9.17, 15) is 4.79 Å². The first-order chi connectivity index (χ1) is 9.15. The van der Waals surface area contributed by atoms with Crippen LogP contribution in [0.3, 0.4) is 0 Å². The molecule has 1 rings (SSSR count). The third kappa shape index (κ3) is 4.17. The van der Waals surface area contributed by atoms with Crippen LogP contribution in [0, 0.1) is 0 Å². The molecule has 2 nitrogen and oxygen atoms in total. The maximum absolute atomic E-state index is 12.3. The number of hydrogen-bond donors (Lipinski definition) is 0. The van der Waals surface area contributed by atoms with Crippen LogP contribution in [0.1, 0.15) is 58.1 Å². The van der Waals surface area contributed by atoms with Gasteiger partial charge in [-0.05, 0) is 25.5 Å². The van der Waals surface area contributed by atoms with Crippen molar-refractivity contribution < 1.29 is 4.79 Å². The van der Waals surface area contributed by atoms with Gasteiger partial charge in [-0.3, -0.25) is 9.69 Å². The number of ketones is 1. The van der Waals surface area contributed by atoms with Gasteiger partial charge in [0, 0.05) is 12.5 Å². The molecule has 106 valence electrons. The first kappa shape index (κ1) is 15.9. The fraction of sp³-hybridized carbons (Fsp3) is 0.588. The number of rotatable bonds is 8. The number of likely N-dealkylation sites (N-methyl/N-ethyl adjacent to an activating group) is 1. The second kappa shape index (κ2) is 8.11. The average Bonchev–Trinajstić information content (AvgIpc) is 2.45. The molecule has 2 atom stereocenters. The lowest BCUT2D eigenvalue weighted by molar-refractivity contribution is -0.124. The molecule has 1 unspecified atom stereocenters. The Morgan fingerprint density at radius 1 is 1.16 bits per heavy atom. The summed E-state index contributed by atoms with van der Waals surface area (Å²) < 4.78 is 0. The molecular weight excluding hydrogens is 234 g/mol. The predicted molar refractivity (Wildman–Crippen MR) is 81.2 cm³/mol. The fourth-order valence-electron chi connectivity index (χ4n) is 2.72. The monoisotopic (exact) mass is 261 g/mol. The van der Waals surface area contributed by atoms with Crippen molar-refractivity contribution in [3.63, 3.8) is 0 Å². The molecular formula is C17H27NO. The smallest absolute Gasteiger partial charge is 0.154 e. The lowest BCUT2D eigenvalue weighted by Crippen LogP contribution is -2.38. The number of carbonyl (C=O) groups excluding carboxylic acids is 1. The van der Waals surface area contributed by atoms with E-state index >= 15 is 0 Å². The van der Waals surface area contributed by atoms with Crippen LogP contribution in [-0.4, -0.2) is 23.8 Å². The van der Waals surface area contributed by atoms with Crippen LogP contribution in [0.4, 0.5) is 0 Å². The Bertz CT molecular complexity index is 374. The zero-order chi connectivity index (χ0) is 14.3. The Kier molecular flexibility index (Phi) is 6.79. The standard InChI is InChI=1S/C17H27NO/c1-5-11-15(6-2)18(4)17(16(19)7-3)14-12-9-8-10-13-14/h8-10,12-13,15,17H,5-7,11H2,1-4H3/t15?,17-/m1/s1. The summed E-state index contributed by atoms with van der Waals surface area (Å²) in [4.78, 5) is 14.6.